The maximum Gasteiger partial charge on any atom is 0.253 e. The molecule has 3 fully saturated rings. The van der Waals surface area contributed by atoms with Gasteiger partial charge in [0.25, 0.3) is 5.91 Å². The van der Waals surface area contributed by atoms with Crippen LogP contribution in [0.2, 0.25) is 0 Å². The monoisotopic (exact) mass is 711 g/mol. The molecule has 9 heteroatoms. The number of ether oxygens (including phenoxy) is 1. The van der Waals surface area contributed by atoms with Crippen LogP contribution >= 0.6 is 15.9 Å². The van der Waals surface area contributed by atoms with Crippen molar-refractivity contribution in [3.8, 4) is 0 Å². The van der Waals surface area contributed by atoms with Gasteiger partial charge in [0, 0.05) is 29.3 Å². The smallest absolute Gasteiger partial charge is 0.253 e. The van der Waals surface area contributed by atoms with Gasteiger partial charge in [-0.2, -0.15) is 0 Å². The molecular weight excluding hydrogens is 670 g/mol. The first-order valence-corrected chi connectivity index (χ1v) is 17.3. The van der Waals surface area contributed by atoms with Crippen molar-refractivity contribution in [2.24, 2.45) is 11.8 Å². The normalized spacial score (nSPS) is 26.2. The van der Waals surface area contributed by atoms with E-state index in [2.05, 4.69) is 29.1 Å². The number of anilines is 2. The van der Waals surface area contributed by atoms with E-state index >= 15 is 9.59 Å². The van der Waals surface area contributed by atoms with E-state index in [1.54, 1.807) is 26.9 Å². The maximum atomic E-state index is 15.2. The predicted molar refractivity (Wildman–Crippen MR) is 191 cm³/mol. The Morgan fingerprint density at radius 1 is 0.958 bits per heavy atom. The van der Waals surface area contributed by atoms with Crippen molar-refractivity contribution in [3.05, 3.63) is 121 Å². The van der Waals surface area contributed by atoms with Crippen molar-refractivity contribution < 1.29 is 24.2 Å². The number of halogens is 1. The number of aliphatic hydroxyl groups is 1. The Morgan fingerprint density at radius 2 is 1.56 bits per heavy atom. The highest BCUT2D eigenvalue weighted by Crippen LogP contribution is 2.61. The van der Waals surface area contributed by atoms with E-state index in [1.165, 1.54) is 0 Å². The Hall–Kier alpha value is -4.05. The molecule has 250 valence electrons. The zero-order chi connectivity index (χ0) is 34.2. The molecule has 0 saturated carbocycles. The van der Waals surface area contributed by atoms with Gasteiger partial charge in [-0.3, -0.25) is 14.4 Å². The minimum absolute atomic E-state index is 0.205. The summed E-state index contributed by atoms with van der Waals surface area (Å²) in [5, 5.41) is 10.9. The molecule has 3 saturated heterocycles. The summed E-state index contributed by atoms with van der Waals surface area (Å²) in [6.45, 7) is 11.8. The van der Waals surface area contributed by atoms with Gasteiger partial charge in [0.2, 0.25) is 11.8 Å². The fourth-order valence-electron chi connectivity index (χ4n) is 8.20. The largest absolute Gasteiger partial charge is 0.394 e. The number of amides is 3. The second-order valence-electron chi connectivity index (χ2n) is 13.0. The van der Waals surface area contributed by atoms with Gasteiger partial charge in [0.05, 0.1) is 30.6 Å². The van der Waals surface area contributed by atoms with Gasteiger partial charge in [-0.1, -0.05) is 94.8 Å². The number of aliphatic hydroxyl groups excluding tert-OH is 1. The number of nitrogens with zero attached hydrogens (tertiary/aromatic N) is 3. The molecule has 7 atom stereocenters. The molecule has 3 aromatic rings. The van der Waals surface area contributed by atoms with Crippen molar-refractivity contribution in [1.82, 2.24) is 4.90 Å². The van der Waals surface area contributed by atoms with Crippen molar-refractivity contribution in [3.63, 3.8) is 0 Å². The first-order valence-electron chi connectivity index (χ1n) is 16.4. The van der Waals surface area contributed by atoms with Crippen LogP contribution in [0.3, 0.4) is 0 Å². The van der Waals surface area contributed by atoms with Gasteiger partial charge >= 0.3 is 0 Å². The molecule has 3 aliphatic heterocycles. The van der Waals surface area contributed by atoms with Gasteiger partial charge in [-0.25, -0.2) is 0 Å². The quantitative estimate of drug-likeness (QED) is 0.201. The number of rotatable bonds is 12. The number of fused-ring (bicyclic) bond motifs is 1. The highest BCUT2D eigenvalue weighted by molar-refractivity contribution is 9.09. The Labute approximate surface area is 290 Å². The summed E-state index contributed by atoms with van der Waals surface area (Å²) in [6.07, 6.45) is 3.39. The summed E-state index contributed by atoms with van der Waals surface area (Å²) in [5.74, 6) is -2.73. The number of hydrogen-bond donors (Lipinski definition) is 1. The van der Waals surface area contributed by atoms with Crippen LogP contribution in [0.15, 0.2) is 104 Å². The number of aryl methyl sites for hydroxylation is 2. The number of hydrogen-bond acceptors (Lipinski definition) is 5. The summed E-state index contributed by atoms with van der Waals surface area (Å²) in [6, 6.07) is 22.9. The number of alkyl halides is 1. The van der Waals surface area contributed by atoms with Crippen LogP contribution in [0.25, 0.3) is 0 Å². The van der Waals surface area contributed by atoms with Crippen molar-refractivity contribution >= 4 is 45.0 Å². The molecule has 0 aromatic heterocycles. The van der Waals surface area contributed by atoms with Crippen LogP contribution in [-0.2, 0) is 25.5 Å². The fourth-order valence-corrected chi connectivity index (χ4v) is 9.14. The lowest BCUT2D eigenvalue weighted by molar-refractivity contribution is -0.144. The molecule has 2 bridgehead atoms. The standard InChI is InChI=1S/C39H42BrN3O5/c1-5-20-41(28-18-11-8-12-19-28)36(45)31-32-37(46)43(29(24-44)22-27-16-9-7-10-17-27)35(39(32)23-30(40)34(31)48-39)38(47)42(21-6-2)33-25(3)14-13-15-26(33)4/h5-19,29-32,34-35,44H,1-2,20-24H2,3-4H3/t29-,30?,31-,32+,34-,35?,39?/m1/s1. The second-order valence-corrected chi connectivity index (χ2v) is 14.2. The summed E-state index contributed by atoms with van der Waals surface area (Å²) in [5.41, 5.74) is 2.86. The number of carbonyl (C=O) groups is 3. The highest BCUT2D eigenvalue weighted by Gasteiger charge is 2.77. The molecular formula is C39H42BrN3O5. The molecule has 8 nitrogen and oxygen atoms in total. The van der Waals surface area contributed by atoms with E-state index in [4.69, 9.17) is 4.74 Å². The summed E-state index contributed by atoms with van der Waals surface area (Å²) in [4.78, 5) is 49.5. The summed E-state index contributed by atoms with van der Waals surface area (Å²) in [7, 11) is 0. The minimum atomic E-state index is -1.30. The van der Waals surface area contributed by atoms with Gasteiger partial charge in [-0.05, 0) is 55.5 Å². The van der Waals surface area contributed by atoms with Crippen LogP contribution in [-0.4, -0.2) is 76.0 Å². The molecule has 0 radical (unpaired) electrons. The third-order valence-electron chi connectivity index (χ3n) is 10.1. The molecule has 3 unspecified atom stereocenters. The summed E-state index contributed by atoms with van der Waals surface area (Å²) >= 11 is 3.80. The van der Waals surface area contributed by atoms with E-state index in [0.29, 0.717) is 18.5 Å². The van der Waals surface area contributed by atoms with E-state index in [-0.39, 0.29) is 42.2 Å². The Morgan fingerprint density at radius 3 is 2.17 bits per heavy atom. The lowest BCUT2D eigenvalue weighted by Crippen LogP contribution is -2.59. The van der Waals surface area contributed by atoms with Crippen molar-refractivity contribution in [2.45, 2.75) is 55.3 Å². The lowest BCUT2D eigenvalue weighted by Gasteiger charge is -2.40. The number of likely N-dealkylation sites (tertiary alicyclic amines) is 1. The maximum absolute atomic E-state index is 15.2. The number of para-hydroxylation sites is 2. The van der Waals surface area contributed by atoms with Crippen molar-refractivity contribution in [2.75, 3.05) is 29.5 Å². The summed E-state index contributed by atoms with van der Waals surface area (Å²) < 4.78 is 6.86. The average Bonchev–Trinajstić information content (AvgIpc) is 3.69. The van der Waals surface area contributed by atoms with E-state index in [1.807, 2.05) is 92.7 Å². The van der Waals surface area contributed by atoms with E-state index in [9.17, 15) is 9.90 Å². The Bertz CT molecular complexity index is 1680. The van der Waals surface area contributed by atoms with Gasteiger partial charge in [0.1, 0.15) is 11.6 Å². The molecule has 0 aliphatic carbocycles. The Kier molecular flexibility index (Phi) is 9.74. The second kappa shape index (κ2) is 13.8. The molecule has 3 heterocycles. The first-order chi connectivity index (χ1) is 23.2. The molecule has 1 spiro atoms. The third-order valence-corrected chi connectivity index (χ3v) is 10.9. The molecule has 48 heavy (non-hydrogen) atoms. The lowest BCUT2D eigenvalue weighted by atomic mass is 9.70. The molecule has 3 aliphatic rings. The van der Waals surface area contributed by atoms with E-state index < -0.39 is 35.6 Å². The minimum Gasteiger partial charge on any atom is -0.394 e. The van der Waals surface area contributed by atoms with Crippen LogP contribution in [0.5, 0.6) is 0 Å². The van der Waals surface area contributed by atoms with Crippen LogP contribution in [0.1, 0.15) is 23.1 Å². The predicted octanol–water partition coefficient (Wildman–Crippen LogP) is 5.39. The van der Waals surface area contributed by atoms with Crippen LogP contribution < -0.4 is 9.80 Å². The number of carbonyl (C=O) groups excluding carboxylic acids is 3. The first kappa shape index (κ1) is 33.8. The molecule has 3 amide bonds. The topological polar surface area (TPSA) is 90.4 Å². The Balaban J connectivity index is 1.49. The highest BCUT2D eigenvalue weighted by atomic mass is 79.9. The van der Waals surface area contributed by atoms with Crippen LogP contribution in [0.4, 0.5) is 11.4 Å². The van der Waals surface area contributed by atoms with Gasteiger partial charge in [0.15, 0.2) is 0 Å². The molecule has 6 rings (SSSR count). The number of benzene rings is 3. The molecule has 3 aromatic carbocycles. The third kappa shape index (κ3) is 5.61. The van der Waals surface area contributed by atoms with Crippen LogP contribution in [0, 0.1) is 25.7 Å². The van der Waals surface area contributed by atoms with Gasteiger partial charge in [-0.15, -0.1) is 13.2 Å². The average molecular weight is 713 g/mol. The van der Waals surface area contributed by atoms with Gasteiger partial charge < -0.3 is 24.5 Å². The zero-order valence-electron chi connectivity index (χ0n) is 27.4. The van der Waals surface area contributed by atoms with Crippen molar-refractivity contribution in [1.29, 1.82) is 0 Å². The fraction of sp³-hybridized carbons (Fsp3) is 0.359. The SMILES string of the molecule is C=CCN(C(=O)[C@H]1[C@@H]2OC3(CC2Br)C(C(=O)N(CC=C)c2c(C)cccc2C)N([C@@H](CO)Cc2ccccc2)C(=O)[C@H]13)c1ccccc1. The molecule has 1 N–H and O–H groups in total. The zero-order valence-corrected chi connectivity index (χ0v) is 29.0. The van der Waals surface area contributed by atoms with E-state index in [0.717, 1.165) is 22.4 Å².